The number of aromatic nitrogens is 1. The summed E-state index contributed by atoms with van der Waals surface area (Å²) in [5, 5.41) is 22.1. The summed E-state index contributed by atoms with van der Waals surface area (Å²) in [5.41, 5.74) is 0.198. The summed E-state index contributed by atoms with van der Waals surface area (Å²) in [5.74, 6) is 0.990. The van der Waals surface area contributed by atoms with Crippen LogP contribution in [-0.4, -0.2) is 22.1 Å². The fourth-order valence-corrected chi connectivity index (χ4v) is 2.46. The maximum atomic E-state index is 12.2. The summed E-state index contributed by atoms with van der Waals surface area (Å²) in [6, 6.07) is 5.26. The van der Waals surface area contributed by atoms with Crippen molar-refractivity contribution in [1.29, 1.82) is 5.26 Å². The van der Waals surface area contributed by atoms with Crippen molar-refractivity contribution >= 4 is 5.91 Å². The van der Waals surface area contributed by atoms with Gasteiger partial charge < -0.3 is 19.4 Å². The van der Waals surface area contributed by atoms with Gasteiger partial charge in [-0.1, -0.05) is 0 Å². The molecule has 22 heavy (non-hydrogen) atoms. The summed E-state index contributed by atoms with van der Waals surface area (Å²) in [7, 11) is 1.69. The monoisotopic (exact) mass is 301 g/mol. The molecule has 0 fully saturated rings. The lowest BCUT2D eigenvalue weighted by Gasteiger charge is -2.23. The van der Waals surface area contributed by atoms with Gasteiger partial charge >= 0.3 is 0 Å². The van der Waals surface area contributed by atoms with Crippen LogP contribution in [0, 0.1) is 25.2 Å². The predicted octanol–water partition coefficient (Wildman–Crippen LogP) is 1.74. The third kappa shape index (κ3) is 3.05. The molecule has 2 aromatic heterocycles. The number of hydrogen-bond acceptors (Lipinski definition) is 4. The standard InChI is InChI=1S/C16H19N3O3/c1-10-5-13(11(2)22-10)16(3,21)9-18-15(20)14-6-12(7-17)8-19(14)4/h5-6,8,21H,9H2,1-4H3,(H,18,20). The summed E-state index contributed by atoms with van der Waals surface area (Å²) < 4.78 is 7.00. The molecule has 116 valence electrons. The van der Waals surface area contributed by atoms with Crippen molar-refractivity contribution in [2.24, 2.45) is 7.05 Å². The molecule has 0 aliphatic rings. The minimum absolute atomic E-state index is 0.0404. The molecule has 0 saturated carbocycles. The number of rotatable bonds is 4. The molecule has 2 aromatic rings. The zero-order valence-electron chi connectivity index (χ0n) is 13.1. The van der Waals surface area contributed by atoms with E-state index < -0.39 is 5.60 Å². The minimum atomic E-state index is -1.24. The summed E-state index contributed by atoms with van der Waals surface area (Å²) >= 11 is 0. The van der Waals surface area contributed by atoms with E-state index in [2.05, 4.69) is 5.32 Å². The second-order valence-corrected chi connectivity index (χ2v) is 5.62. The fourth-order valence-electron chi connectivity index (χ4n) is 2.46. The van der Waals surface area contributed by atoms with Crippen molar-refractivity contribution in [2.75, 3.05) is 6.54 Å². The highest BCUT2D eigenvalue weighted by Crippen LogP contribution is 2.26. The number of aliphatic hydroxyl groups is 1. The number of hydrogen-bond donors (Lipinski definition) is 2. The SMILES string of the molecule is Cc1cc(C(C)(O)CNC(=O)c2cc(C#N)cn2C)c(C)o1. The second kappa shape index (κ2) is 5.70. The van der Waals surface area contributed by atoms with Crippen LogP contribution in [0.2, 0.25) is 0 Å². The number of amides is 1. The van der Waals surface area contributed by atoms with Gasteiger partial charge in [-0.05, 0) is 32.9 Å². The minimum Gasteiger partial charge on any atom is -0.466 e. The normalized spacial score (nSPS) is 13.5. The molecule has 2 N–H and O–H groups in total. The number of nitrogens with zero attached hydrogens (tertiary/aromatic N) is 2. The van der Waals surface area contributed by atoms with E-state index in [1.807, 2.05) is 6.07 Å². The lowest BCUT2D eigenvalue weighted by molar-refractivity contribution is 0.0511. The van der Waals surface area contributed by atoms with Crippen LogP contribution in [0.15, 0.2) is 22.7 Å². The number of carbonyl (C=O) groups is 1. The Morgan fingerprint density at radius 3 is 2.68 bits per heavy atom. The quantitative estimate of drug-likeness (QED) is 0.900. The van der Waals surface area contributed by atoms with Gasteiger partial charge in [-0.15, -0.1) is 0 Å². The van der Waals surface area contributed by atoms with Crippen molar-refractivity contribution in [3.63, 3.8) is 0 Å². The van der Waals surface area contributed by atoms with E-state index in [1.54, 1.807) is 44.6 Å². The molecule has 0 aromatic carbocycles. The van der Waals surface area contributed by atoms with Gasteiger partial charge in [0.2, 0.25) is 0 Å². The molecule has 0 saturated heterocycles. The van der Waals surface area contributed by atoms with Crippen LogP contribution < -0.4 is 5.32 Å². The molecule has 1 unspecified atom stereocenters. The molecule has 0 aliphatic heterocycles. The molecule has 2 heterocycles. The Balaban J connectivity index is 2.11. The van der Waals surface area contributed by atoms with Gasteiger partial charge in [0.15, 0.2) is 0 Å². The van der Waals surface area contributed by atoms with E-state index in [9.17, 15) is 9.90 Å². The van der Waals surface area contributed by atoms with Gasteiger partial charge in [-0.25, -0.2) is 0 Å². The molecule has 1 amide bonds. The lowest BCUT2D eigenvalue weighted by Crippen LogP contribution is -2.39. The summed E-state index contributed by atoms with van der Waals surface area (Å²) in [6.07, 6.45) is 1.58. The highest BCUT2D eigenvalue weighted by Gasteiger charge is 2.28. The number of nitriles is 1. The van der Waals surface area contributed by atoms with Crippen LogP contribution in [0.4, 0.5) is 0 Å². The summed E-state index contributed by atoms with van der Waals surface area (Å²) in [4.78, 5) is 12.2. The third-order valence-electron chi connectivity index (χ3n) is 3.58. The van der Waals surface area contributed by atoms with Crippen LogP contribution >= 0.6 is 0 Å². The largest absolute Gasteiger partial charge is 0.466 e. The second-order valence-electron chi connectivity index (χ2n) is 5.62. The zero-order valence-corrected chi connectivity index (χ0v) is 13.1. The van der Waals surface area contributed by atoms with Crippen LogP contribution in [0.25, 0.3) is 0 Å². The van der Waals surface area contributed by atoms with Crippen LogP contribution in [-0.2, 0) is 12.6 Å². The smallest absolute Gasteiger partial charge is 0.268 e. The van der Waals surface area contributed by atoms with E-state index in [1.165, 1.54) is 6.07 Å². The Kier molecular flexibility index (Phi) is 4.11. The maximum Gasteiger partial charge on any atom is 0.268 e. The molecule has 0 aliphatic carbocycles. The number of furan rings is 1. The first-order valence-corrected chi connectivity index (χ1v) is 6.89. The Morgan fingerprint density at radius 2 is 2.18 bits per heavy atom. The van der Waals surface area contributed by atoms with Gasteiger partial charge in [0.05, 0.1) is 12.1 Å². The van der Waals surface area contributed by atoms with Crippen LogP contribution in [0.5, 0.6) is 0 Å². The number of aryl methyl sites for hydroxylation is 3. The van der Waals surface area contributed by atoms with Crippen molar-refractivity contribution in [1.82, 2.24) is 9.88 Å². The van der Waals surface area contributed by atoms with E-state index in [0.717, 1.165) is 0 Å². The molecular formula is C16H19N3O3. The van der Waals surface area contributed by atoms with Gasteiger partial charge in [0, 0.05) is 18.8 Å². The van der Waals surface area contributed by atoms with E-state index in [4.69, 9.17) is 9.68 Å². The predicted molar refractivity (Wildman–Crippen MR) is 80.2 cm³/mol. The first-order chi connectivity index (χ1) is 10.2. The van der Waals surface area contributed by atoms with Gasteiger partial charge in [0.1, 0.15) is 28.9 Å². The Hall–Kier alpha value is -2.52. The Bertz CT molecular complexity index is 747. The van der Waals surface area contributed by atoms with Crippen molar-refractivity contribution in [3.8, 4) is 6.07 Å². The number of carbonyl (C=O) groups excluding carboxylic acids is 1. The van der Waals surface area contributed by atoms with E-state index >= 15 is 0 Å². The lowest BCUT2D eigenvalue weighted by atomic mass is 9.96. The van der Waals surface area contributed by atoms with Crippen LogP contribution in [0.3, 0.4) is 0 Å². The number of nitrogens with one attached hydrogen (secondary N) is 1. The van der Waals surface area contributed by atoms with Crippen LogP contribution in [0.1, 0.15) is 40.1 Å². The third-order valence-corrected chi connectivity index (χ3v) is 3.58. The maximum absolute atomic E-state index is 12.2. The molecular weight excluding hydrogens is 282 g/mol. The molecule has 0 bridgehead atoms. The summed E-state index contributed by atoms with van der Waals surface area (Å²) in [6.45, 7) is 5.24. The highest BCUT2D eigenvalue weighted by molar-refractivity contribution is 5.93. The van der Waals surface area contributed by atoms with Gasteiger partial charge in [-0.2, -0.15) is 5.26 Å². The van der Waals surface area contributed by atoms with E-state index in [0.29, 0.717) is 28.3 Å². The first kappa shape index (κ1) is 15.9. The average molecular weight is 301 g/mol. The van der Waals surface area contributed by atoms with Gasteiger partial charge in [-0.3, -0.25) is 4.79 Å². The molecule has 0 radical (unpaired) electrons. The molecule has 6 heteroatoms. The average Bonchev–Trinajstić information content (AvgIpc) is 2.99. The molecule has 6 nitrogen and oxygen atoms in total. The zero-order chi connectivity index (χ0) is 16.5. The van der Waals surface area contributed by atoms with Gasteiger partial charge in [0.25, 0.3) is 5.91 Å². The van der Waals surface area contributed by atoms with Crippen molar-refractivity contribution in [2.45, 2.75) is 26.4 Å². The molecule has 2 rings (SSSR count). The van der Waals surface area contributed by atoms with Crippen molar-refractivity contribution in [3.05, 3.63) is 46.7 Å². The Morgan fingerprint density at radius 1 is 1.50 bits per heavy atom. The van der Waals surface area contributed by atoms with E-state index in [-0.39, 0.29) is 12.5 Å². The molecule has 0 spiro atoms. The topological polar surface area (TPSA) is 91.2 Å². The first-order valence-electron chi connectivity index (χ1n) is 6.89. The van der Waals surface area contributed by atoms with Crippen molar-refractivity contribution < 1.29 is 14.3 Å². The Labute approximate surface area is 129 Å². The fraction of sp³-hybridized carbons (Fsp3) is 0.375. The highest BCUT2D eigenvalue weighted by atomic mass is 16.3. The molecule has 1 atom stereocenters.